The van der Waals surface area contributed by atoms with E-state index >= 15 is 0 Å². The number of hydrogen-bond acceptors (Lipinski definition) is 2. The van der Waals surface area contributed by atoms with E-state index in [1.54, 1.807) is 6.08 Å². The molecule has 0 rings (SSSR count). The summed E-state index contributed by atoms with van der Waals surface area (Å²) in [6, 6.07) is 0. The number of carboxylic acid groups (broad SMARTS) is 1. The van der Waals surface area contributed by atoms with Gasteiger partial charge in [-0.25, -0.2) is 0 Å². The largest absolute Gasteiger partial charge is 0.544 e. The standard InChI is InChI=1S/C7H13NO2/c1-4-5-8(2,3)6-7(9)10/h4H,1,5-6H2,2-3H3. The average Bonchev–Trinajstić information content (AvgIpc) is 1.59. The fourth-order valence-electron chi connectivity index (χ4n) is 0.764. The molecule has 0 unspecified atom stereocenters. The lowest BCUT2D eigenvalue weighted by Gasteiger charge is -2.28. The van der Waals surface area contributed by atoms with Gasteiger partial charge in [0.1, 0.15) is 6.54 Å². The molecule has 0 aromatic carbocycles. The van der Waals surface area contributed by atoms with Gasteiger partial charge in [0, 0.05) is 0 Å². The van der Waals surface area contributed by atoms with Gasteiger partial charge in [-0.1, -0.05) is 6.58 Å². The summed E-state index contributed by atoms with van der Waals surface area (Å²) in [5, 5.41) is 10.1. The smallest absolute Gasteiger partial charge is 0.119 e. The van der Waals surface area contributed by atoms with Crippen molar-refractivity contribution in [3.05, 3.63) is 12.7 Å². The summed E-state index contributed by atoms with van der Waals surface area (Å²) in [6.45, 7) is 4.20. The molecular formula is C7H13NO2. The Morgan fingerprint density at radius 1 is 1.70 bits per heavy atom. The highest BCUT2D eigenvalue weighted by atomic mass is 16.4. The van der Waals surface area contributed by atoms with Crippen LogP contribution in [0.2, 0.25) is 0 Å². The van der Waals surface area contributed by atoms with Crippen LogP contribution in [-0.2, 0) is 4.79 Å². The Hall–Kier alpha value is -0.830. The van der Waals surface area contributed by atoms with E-state index in [1.807, 2.05) is 14.1 Å². The summed E-state index contributed by atoms with van der Waals surface area (Å²) in [5.41, 5.74) is 0. The number of nitrogens with zero attached hydrogens (tertiary/aromatic N) is 1. The Morgan fingerprint density at radius 3 is 2.50 bits per heavy atom. The number of hydrogen-bond donors (Lipinski definition) is 0. The monoisotopic (exact) mass is 143 g/mol. The number of carbonyl (C=O) groups is 1. The Morgan fingerprint density at radius 2 is 2.20 bits per heavy atom. The van der Waals surface area contributed by atoms with E-state index in [0.29, 0.717) is 11.0 Å². The maximum atomic E-state index is 10.1. The van der Waals surface area contributed by atoms with Crippen LogP contribution in [-0.4, -0.2) is 37.6 Å². The fraction of sp³-hybridized carbons (Fsp3) is 0.571. The van der Waals surface area contributed by atoms with Gasteiger partial charge in [-0.3, -0.25) is 0 Å². The average molecular weight is 143 g/mol. The Bertz CT molecular complexity index is 141. The van der Waals surface area contributed by atoms with Crippen LogP contribution >= 0.6 is 0 Å². The van der Waals surface area contributed by atoms with E-state index in [2.05, 4.69) is 6.58 Å². The lowest BCUT2D eigenvalue weighted by Crippen LogP contribution is -2.48. The van der Waals surface area contributed by atoms with E-state index in [4.69, 9.17) is 0 Å². The van der Waals surface area contributed by atoms with E-state index in [9.17, 15) is 9.90 Å². The molecule has 0 aromatic heterocycles. The van der Waals surface area contributed by atoms with Gasteiger partial charge >= 0.3 is 0 Å². The van der Waals surface area contributed by atoms with Crippen molar-refractivity contribution in [1.29, 1.82) is 0 Å². The third-order valence-corrected chi connectivity index (χ3v) is 1.18. The zero-order valence-corrected chi connectivity index (χ0v) is 6.46. The number of carbonyl (C=O) groups excluding carboxylic acids is 1. The van der Waals surface area contributed by atoms with Crippen LogP contribution in [0, 0.1) is 0 Å². The second-order valence-corrected chi connectivity index (χ2v) is 2.94. The second kappa shape index (κ2) is 3.37. The van der Waals surface area contributed by atoms with Crippen LogP contribution in [0.1, 0.15) is 0 Å². The van der Waals surface area contributed by atoms with E-state index < -0.39 is 5.97 Å². The molecule has 0 aliphatic carbocycles. The predicted molar refractivity (Wildman–Crippen MR) is 37.0 cm³/mol. The number of quaternary nitrogens is 1. The van der Waals surface area contributed by atoms with Gasteiger partial charge in [0.05, 0.1) is 26.6 Å². The van der Waals surface area contributed by atoms with Crippen LogP contribution in [0.4, 0.5) is 0 Å². The molecule has 3 nitrogen and oxygen atoms in total. The third-order valence-electron chi connectivity index (χ3n) is 1.18. The van der Waals surface area contributed by atoms with Crippen molar-refractivity contribution in [2.45, 2.75) is 0 Å². The molecule has 0 saturated heterocycles. The van der Waals surface area contributed by atoms with Crippen molar-refractivity contribution < 1.29 is 14.4 Å². The third kappa shape index (κ3) is 4.09. The summed E-state index contributed by atoms with van der Waals surface area (Å²) < 4.78 is 0.395. The van der Waals surface area contributed by atoms with Gasteiger partial charge in [0.25, 0.3) is 0 Å². The number of likely N-dealkylation sites (N-methyl/N-ethyl adjacent to an activating group) is 1. The highest BCUT2D eigenvalue weighted by molar-refractivity contribution is 5.65. The highest BCUT2D eigenvalue weighted by Gasteiger charge is 2.11. The first-order valence-corrected chi connectivity index (χ1v) is 3.11. The van der Waals surface area contributed by atoms with E-state index in [1.165, 1.54) is 0 Å². The molecular weight excluding hydrogens is 130 g/mol. The molecule has 0 N–H and O–H groups in total. The molecule has 3 heteroatoms. The summed E-state index contributed by atoms with van der Waals surface area (Å²) in [4.78, 5) is 10.1. The molecule has 0 aliphatic rings. The predicted octanol–water partition coefficient (Wildman–Crippen LogP) is -1.00. The van der Waals surface area contributed by atoms with Crippen LogP contribution in [0.5, 0.6) is 0 Å². The molecule has 10 heavy (non-hydrogen) atoms. The number of rotatable bonds is 4. The summed E-state index contributed by atoms with van der Waals surface area (Å²) in [7, 11) is 3.63. The molecule has 0 aromatic rings. The van der Waals surface area contributed by atoms with E-state index in [-0.39, 0.29) is 6.54 Å². The van der Waals surface area contributed by atoms with Crippen LogP contribution < -0.4 is 5.11 Å². The van der Waals surface area contributed by atoms with Crippen LogP contribution in [0.15, 0.2) is 12.7 Å². The summed E-state index contributed by atoms with van der Waals surface area (Å²) >= 11 is 0. The van der Waals surface area contributed by atoms with Crippen molar-refractivity contribution >= 4 is 5.97 Å². The Balaban J connectivity index is 3.85. The minimum absolute atomic E-state index is 0.0337. The molecule has 0 heterocycles. The van der Waals surface area contributed by atoms with E-state index in [0.717, 1.165) is 0 Å². The second-order valence-electron chi connectivity index (χ2n) is 2.94. The first kappa shape index (κ1) is 9.17. The highest BCUT2D eigenvalue weighted by Crippen LogP contribution is 1.94. The molecule has 58 valence electrons. The SMILES string of the molecule is C=CC[N+](C)(C)CC(=O)[O-]. The van der Waals surface area contributed by atoms with Gasteiger partial charge < -0.3 is 14.4 Å². The van der Waals surface area contributed by atoms with Crippen LogP contribution in [0.25, 0.3) is 0 Å². The molecule has 0 fully saturated rings. The van der Waals surface area contributed by atoms with Gasteiger partial charge in [-0.2, -0.15) is 0 Å². The molecule has 0 saturated carbocycles. The van der Waals surface area contributed by atoms with Gasteiger partial charge in [0.2, 0.25) is 0 Å². The maximum absolute atomic E-state index is 10.1. The Kier molecular flexibility index (Phi) is 3.09. The fourth-order valence-corrected chi connectivity index (χ4v) is 0.764. The maximum Gasteiger partial charge on any atom is 0.119 e. The molecule has 0 atom stereocenters. The van der Waals surface area contributed by atoms with Crippen LogP contribution in [0.3, 0.4) is 0 Å². The van der Waals surface area contributed by atoms with Crippen molar-refractivity contribution in [2.75, 3.05) is 27.2 Å². The zero-order valence-electron chi connectivity index (χ0n) is 6.46. The minimum Gasteiger partial charge on any atom is -0.544 e. The topological polar surface area (TPSA) is 40.1 Å². The molecule has 0 amide bonds. The van der Waals surface area contributed by atoms with Gasteiger partial charge in [0.15, 0.2) is 0 Å². The van der Waals surface area contributed by atoms with Crippen molar-refractivity contribution in [2.24, 2.45) is 0 Å². The number of aliphatic carboxylic acids is 1. The molecule has 0 bridgehead atoms. The first-order chi connectivity index (χ1) is 4.48. The normalized spacial score (nSPS) is 11.0. The first-order valence-electron chi connectivity index (χ1n) is 3.11. The zero-order chi connectivity index (χ0) is 8.20. The molecule has 0 spiro atoms. The number of carboxylic acids is 1. The Labute approximate surface area is 61.2 Å². The van der Waals surface area contributed by atoms with Crippen molar-refractivity contribution in [1.82, 2.24) is 0 Å². The summed E-state index contributed by atoms with van der Waals surface area (Å²) in [5.74, 6) is -1.02. The van der Waals surface area contributed by atoms with Crippen molar-refractivity contribution in [3.63, 3.8) is 0 Å². The summed E-state index contributed by atoms with van der Waals surface area (Å²) in [6.07, 6.45) is 1.70. The lowest BCUT2D eigenvalue weighted by atomic mass is 10.4. The van der Waals surface area contributed by atoms with Gasteiger partial charge in [-0.15, -0.1) is 0 Å². The van der Waals surface area contributed by atoms with Gasteiger partial charge in [-0.05, 0) is 6.08 Å². The molecule has 0 radical (unpaired) electrons. The quantitative estimate of drug-likeness (QED) is 0.374. The minimum atomic E-state index is -1.02. The molecule has 0 aliphatic heterocycles. The lowest BCUT2D eigenvalue weighted by molar-refractivity contribution is -0.878. The van der Waals surface area contributed by atoms with Crippen molar-refractivity contribution in [3.8, 4) is 0 Å².